The van der Waals surface area contributed by atoms with Gasteiger partial charge in [-0.2, -0.15) is 0 Å². The van der Waals surface area contributed by atoms with E-state index < -0.39 is 5.97 Å². The van der Waals surface area contributed by atoms with Crippen molar-refractivity contribution in [2.75, 3.05) is 0 Å². The van der Waals surface area contributed by atoms with Crippen LogP contribution in [0.15, 0.2) is 24.7 Å². The average molecular weight is 211 g/mol. The third-order valence-electron chi connectivity index (χ3n) is 1.91. The van der Waals surface area contributed by atoms with Crippen LogP contribution in [0.4, 0.5) is 0 Å². The Hall–Kier alpha value is -1.55. The molecule has 0 aliphatic heterocycles. The summed E-state index contributed by atoms with van der Waals surface area (Å²) in [7, 11) is 0. The van der Waals surface area contributed by atoms with Crippen LogP contribution >= 0.6 is 11.6 Å². The van der Waals surface area contributed by atoms with Crippen LogP contribution in [0.25, 0.3) is 5.52 Å². The number of hydrogen-bond donors (Lipinski definition) is 1. The molecule has 2 aromatic rings. The fourth-order valence-electron chi connectivity index (χ4n) is 1.28. The summed E-state index contributed by atoms with van der Waals surface area (Å²) in [5.41, 5.74) is 1.44. The van der Waals surface area contributed by atoms with Crippen LogP contribution in [0.2, 0.25) is 5.15 Å². The second-order valence-corrected chi connectivity index (χ2v) is 3.29. The number of aromatic nitrogens is 2. The lowest BCUT2D eigenvalue weighted by atomic mass is 10.2. The van der Waals surface area contributed by atoms with Gasteiger partial charge in [0.05, 0.1) is 11.9 Å². The van der Waals surface area contributed by atoms with Crippen LogP contribution in [0, 0.1) is 0 Å². The molecule has 0 aliphatic carbocycles. The first-order chi connectivity index (χ1) is 6.66. The molecule has 0 aliphatic rings. The Kier molecular flexibility index (Phi) is 2.13. The van der Waals surface area contributed by atoms with E-state index in [1.165, 1.54) is 0 Å². The fourth-order valence-corrected chi connectivity index (χ4v) is 1.48. The molecule has 2 aromatic heterocycles. The molecule has 0 spiro atoms. The summed E-state index contributed by atoms with van der Waals surface area (Å²) in [4.78, 5) is 14.4. The average Bonchev–Trinajstić information content (AvgIpc) is 2.47. The second-order valence-electron chi connectivity index (χ2n) is 2.93. The van der Waals surface area contributed by atoms with Gasteiger partial charge in [0.2, 0.25) is 0 Å². The van der Waals surface area contributed by atoms with Crippen molar-refractivity contribution in [3.63, 3.8) is 0 Å². The van der Waals surface area contributed by atoms with Crippen LogP contribution in [-0.2, 0) is 11.2 Å². The lowest BCUT2D eigenvalue weighted by Crippen LogP contribution is -2.00. The first-order valence-corrected chi connectivity index (χ1v) is 4.37. The minimum Gasteiger partial charge on any atom is -0.481 e. The number of carbonyl (C=O) groups is 1. The van der Waals surface area contributed by atoms with Gasteiger partial charge >= 0.3 is 5.97 Å². The SMILES string of the molecule is O=C(O)Cc1ccn2cnc(Cl)c2c1. The number of halogens is 1. The minimum atomic E-state index is -0.856. The maximum atomic E-state index is 10.5. The van der Waals surface area contributed by atoms with Crippen LogP contribution < -0.4 is 0 Å². The number of imidazole rings is 1. The number of carboxylic acid groups (broad SMARTS) is 1. The van der Waals surface area contributed by atoms with E-state index in [9.17, 15) is 4.79 Å². The molecule has 0 saturated heterocycles. The van der Waals surface area contributed by atoms with Gasteiger partial charge in [0, 0.05) is 6.20 Å². The molecule has 1 N–H and O–H groups in total. The summed E-state index contributed by atoms with van der Waals surface area (Å²) in [5.74, 6) is -0.856. The Morgan fingerprint density at radius 2 is 2.43 bits per heavy atom. The molecule has 4 nitrogen and oxygen atoms in total. The summed E-state index contributed by atoms with van der Waals surface area (Å²) < 4.78 is 1.74. The monoisotopic (exact) mass is 210 g/mol. The smallest absolute Gasteiger partial charge is 0.307 e. The normalized spacial score (nSPS) is 10.6. The Labute approximate surface area is 84.8 Å². The van der Waals surface area contributed by atoms with Gasteiger partial charge in [-0.3, -0.25) is 4.79 Å². The molecule has 0 bridgehead atoms. The third-order valence-corrected chi connectivity index (χ3v) is 2.20. The molecule has 0 radical (unpaired) electrons. The Morgan fingerprint density at radius 3 is 3.14 bits per heavy atom. The highest BCUT2D eigenvalue weighted by Crippen LogP contribution is 2.16. The first kappa shape index (κ1) is 9.02. The molecule has 0 amide bonds. The van der Waals surface area contributed by atoms with E-state index in [4.69, 9.17) is 16.7 Å². The van der Waals surface area contributed by atoms with Crippen molar-refractivity contribution in [2.24, 2.45) is 0 Å². The molecule has 5 heteroatoms. The Balaban J connectivity index is 2.49. The summed E-state index contributed by atoms with van der Waals surface area (Å²) >= 11 is 5.80. The van der Waals surface area contributed by atoms with Crippen LogP contribution in [0.1, 0.15) is 5.56 Å². The molecule has 0 aromatic carbocycles. The molecule has 0 unspecified atom stereocenters. The molecule has 72 valence electrons. The molecule has 2 rings (SSSR count). The van der Waals surface area contributed by atoms with Crippen LogP contribution in [0.3, 0.4) is 0 Å². The van der Waals surface area contributed by atoms with E-state index in [0.717, 1.165) is 5.52 Å². The van der Waals surface area contributed by atoms with E-state index in [0.29, 0.717) is 10.7 Å². The zero-order chi connectivity index (χ0) is 10.1. The highest BCUT2D eigenvalue weighted by molar-refractivity contribution is 6.32. The van der Waals surface area contributed by atoms with Crippen molar-refractivity contribution >= 4 is 23.1 Å². The largest absolute Gasteiger partial charge is 0.481 e. The summed E-state index contributed by atoms with van der Waals surface area (Å²) in [5, 5.41) is 8.99. The number of aliphatic carboxylic acids is 1. The van der Waals surface area contributed by atoms with Gasteiger partial charge in [-0.25, -0.2) is 4.98 Å². The van der Waals surface area contributed by atoms with Gasteiger partial charge in [-0.15, -0.1) is 0 Å². The molecular weight excluding hydrogens is 204 g/mol. The van der Waals surface area contributed by atoms with Gasteiger partial charge < -0.3 is 9.51 Å². The fraction of sp³-hybridized carbons (Fsp3) is 0.111. The van der Waals surface area contributed by atoms with Crippen molar-refractivity contribution in [3.05, 3.63) is 35.4 Å². The van der Waals surface area contributed by atoms with Crippen LogP contribution in [0.5, 0.6) is 0 Å². The summed E-state index contributed by atoms with van der Waals surface area (Å²) in [6.45, 7) is 0. The van der Waals surface area contributed by atoms with Crippen LogP contribution in [-0.4, -0.2) is 20.5 Å². The van der Waals surface area contributed by atoms with E-state index in [2.05, 4.69) is 4.98 Å². The lowest BCUT2D eigenvalue weighted by molar-refractivity contribution is -0.136. The first-order valence-electron chi connectivity index (χ1n) is 3.99. The third kappa shape index (κ3) is 1.56. The number of carboxylic acids is 1. The van der Waals surface area contributed by atoms with Crippen molar-refractivity contribution in [1.82, 2.24) is 9.38 Å². The van der Waals surface area contributed by atoms with Crippen molar-refractivity contribution in [2.45, 2.75) is 6.42 Å². The second kappa shape index (κ2) is 3.31. The molecule has 0 saturated carbocycles. The maximum Gasteiger partial charge on any atom is 0.307 e. The summed E-state index contributed by atoms with van der Waals surface area (Å²) in [6, 6.07) is 3.46. The molecular formula is C9H7ClN2O2. The number of fused-ring (bicyclic) bond motifs is 1. The highest BCUT2D eigenvalue weighted by Gasteiger charge is 2.04. The molecule has 14 heavy (non-hydrogen) atoms. The Bertz CT molecular complexity index is 493. The number of nitrogens with zero attached hydrogens (tertiary/aromatic N) is 2. The quantitative estimate of drug-likeness (QED) is 0.820. The molecule has 0 fully saturated rings. The predicted molar refractivity (Wildman–Crippen MR) is 51.5 cm³/mol. The summed E-state index contributed by atoms with van der Waals surface area (Å²) in [6.07, 6.45) is 3.33. The van der Waals surface area contributed by atoms with Gasteiger partial charge in [0.1, 0.15) is 6.33 Å². The van der Waals surface area contributed by atoms with Gasteiger partial charge in [-0.1, -0.05) is 11.6 Å². The van der Waals surface area contributed by atoms with Crippen molar-refractivity contribution in [3.8, 4) is 0 Å². The number of rotatable bonds is 2. The van der Waals surface area contributed by atoms with E-state index in [-0.39, 0.29) is 6.42 Å². The van der Waals surface area contributed by atoms with Gasteiger partial charge in [-0.05, 0) is 17.7 Å². The highest BCUT2D eigenvalue weighted by atomic mass is 35.5. The molecule has 0 atom stereocenters. The zero-order valence-electron chi connectivity index (χ0n) is 7.14. The lowest BCUT2D eigenvalue weighted by Gasteiger charge is -1.98. The molecule has 2 heterocycles. The minimum absolute atomic E-state index is 0.00198. The number of hydrogen-bond acceptors (Lipinski definition) is 2. The topological polar surface area (TPSA) is 54.6 Å². The standard InChI is InChI=1S/C9H7ClN2O2/c10-9-7-3-6(4-8(13)14)1-2-12(7)5-11-9/h1-3,5H,4H2,(H,13,14). The number of pyridine rings is 1. The zero-order valence-corrected chi connectivity index (χ0v) is 7.90. The maximum absolute atomic E-state index is 10.5. The Morgan fingerprint density at radius 1 is 1.64 bits per heavy atom. The van der Waals surface area contributed by atoms with E-state index in [1.807, 2.05) is 0 Å². The predicted octanol–water partition coefficient (Wildman–Crippen LogP) is 1.61. The van der Waals surface area contributed by atoms with Crippen molar-refractivity contribution < 1.29 is 9.90 Å². The van der Waals surface area contributed by atoms with Gasteiger partial charge in [0.25, 0.3) is 0 Å². The van der Waals surface area contributed by atoms with E-state index in [1.54, 1.807) is 29.1 Å². The van der Waals surface area contributed by atoms with Crippen molar-refractivity contribution in [1.29, 1.82) is 0 Å². The van der Waals surface area contributed by atoms with E-state index >= 15 is 0 Å². The van der Waals surface area contributed by atoms with Gasteiger partial charge in [0.15, 0.2) is 5.15 Å².